The van der Waals surface area contributed by atoms with E-state index in [0.29, 0.717) is 6.04 Å². The van der Waals surface area contributed by atoms with Gasteiger partial charge in [-0.2, -0.15) is 0 Å². The maximum absolute atomic E-state index is 9.05. The molecule has 0 bridgehead atoms. The maximum atomic E-state index is 9.05. The minimum absolute atomic E-state index is 0.141. The number of hydrogen-bond acceptors (Lipinski definition) is 3. The standard InChI is InChI=1S/C9H20N2O/c1-9(2,10)7-11-5-3-4-8(11)6-12/h8,12H,3-7,10H2,1-2H3. The van der Waals surface area contributed by atoms with Gasteiger partial charge in [-0.1, -0.05) is 0 Å². The van der Waals surface area contributed by atoms with Gasteiger partial charge in [0.2, 0.25) is 0 Å². The van der Waals surface area contributed by atoms with Crippen LogP contribution in [0.3, 0.4) is 0 Å². The summed E-state index contributed by atoms with van der Waals surface area (Å²) in [7, 11) is 0. The second-order valence-electron chi connectivity index (χ2n) is 4.44. The van der Waals surface area contributed by atoms with Gasteiger partial charge in [0.15, 0.2) is 0 Å². The SMILES string of the molecule is CC(C)(N)CN1CCCC1CO. The van der Waals surface area contributed by atoms with Gasteiger partial charge in [-0.25, -0.2) is 0 Å². The Morgan fingerprint density at radius 2 is 2.25 bits per heavy atom. The lowest BCUT2D eigenvalue weighted by Gasteiger charge is -2.30. The van der Waals surface area contributed by atoms with Crippen LogP contribution < -0.4 is 5.73 Å². The summed E-state index contributed by atoms with van der Waals surface area (Å²) in [4.78, 5) is 2.29. The highest BCUT2D eigenvalue weighted by atomic mass is 16.3. The lowest BCUT2D eigenvalue weighted by atomic mass is 10.1. The summed E-state index contributed by atoms with van der Waals surface area (Å²) in [5.41, 5.74) is 5.77. The van der Waals surface area contributed by atoms with Gasteiger partial charge in [-0.3, -0.25) is 4.90 Å². The molecule has 0 aromatic heterocycles. The summed E-state index contributed by atoms with van der Waals surface area (Å²) >= 11 is 0. The van der Waals surface area contributed by atoms with Crippen LogP contribution in [0.1, 0.15) is 26.7 Å². The fraction of sp³-hybridized carbons (Fsp3) is 1.00. The lowest BCUT2D eigenvalue weighted by Crippen LogP contribution is -2.47. The molecule has 0 saturated carbocycles. The molecule has 1 aliphatic heterocycles. The zero-order chi connectivity index (χ0) is 9.19. The largest absolute Gasteiger partial charge is 0.395 e. The Bertz CT molecular complexity index is 142. The van der Waals surface area contributed by atoms with Crippen molar-refractivity contribution in [3.8, 4) is 0 Å². The predicted molar refractivity (Wildman–Crippen MR) is 49.9 cm³/mol. The van der Waals surface area contributed by atoms with Crippen LogP contribution >= 0.6 is 0 Å². The topological polar surface area (TPSA) is 49.5 Å². The average molecular weight is 172 g/mol. The van der Waals surface area contributed by atoms with Gasteiger partial charge in [-0.15, -0.1) is 0 Å². The van der Waals surface area contributed by atoms with E-state index in [-0.39, 0.29) is 12.1 Å². The van der Waals surface area contributed by atoms with Crippen LogP contribution in [-0.4, -0.2) is 41.3 Å². The number of rotatable bonds is 3. The van der Waals surface area contributed by atoms with E-state index in [1.165, 1.54) is 6.42 Å². The van der Waals surface area contributed by atoms with E-state index in [1.807, 2.05) is 13.8 Å². The molecule has 1 fully saturated rings. The summed E-state index contributed by atoms with van der Waals surface area (Å²) in [6.45, 7) is 6.31. The van der Waals surface area contributed by atoms with E-state index in [2.05, 4.69) is 4.90 Å². The van der Waals surface area contributed by atoms with E-state index in [4.69, 9.17) is 10.8 Å². The number of nitrogens with zero attached hydrogens (tertiary/aromatic N) is 1. The molecule has 1 atom stereocenters. The van der Waals surface area contributed by atoms with Crippen LogP contribution in [0.5, 0.6) is 0 Å². The quantitative estimate of drug-likeness (QED) is 0.638. The highest BCUT2D eigenvalue weighted by molar-refractivity contribution is 4.85. The van der Waals surface area contributed by atoms with E-state index in [0.717, 1.165) is 19.5 Å². The molecule has 0 spiro atoms. The Morgan fingerprint density at radius 3 is 2.75 bits per heavy atom. The normalized spacial score (nSPS) is 26.5. The molecular formula is C9H20N2O. The van der Waals surface area contributed by atoms with Crippen LogP contribution in [0.15, 0.2) is 0 Å². The zero-order valence-corrected chi connectivity index (χ0v) is 8.08. The predicted octanol–water partition coefficient (Wildman–Crippen LogP) is 0.180. The Hall–Kier alpha value is -0.120. The minimum atomic E-state index is -0.141. The van der Waals surface area contributed by atoms with Crippen LogP contribution in [0.25, 0.3) is 0 Å². The molecule has 0 aliphatic carbocycles. The summed E-state index contributed by atoms with van der Waals surface area (Å²) in [6.07, 6.45) is 2.31. The molecule has 1 aliphatic rings. The van der Waals surface area contributed by atoms with Crippen molar-refractivity contribution in [2.45, 2.75) is 38.3 Å². The van der Waals surface area contributed by atoms with Gasteiger partial charge in [0.25, 0.3) is 0 Å². The molecule has 0 aromatic carbocycles. The number of aliphatic hydroxyl groups is 1. The molecule has 0 amide bonds. The number of nitrogens with two attached hydrogens (primary N) is 1. The first-order valence-electron chi connectivity index (χ1n) is 4.67. The third-order valence-electron chi connectivity index (χ3n) is 2.32. The highest BCUT2D eigenvalue weighted by Gasteiger charge is 2.27. The van der Waals surface area contributed by atoms with Crippen LogP contribution in [0.2, 0.25) is 0 Å². The molecule has 0 aromatic rings. The van der Waals surface area contributed by atoms with Crippen molar-refractivity contribution in [1.82, 2.24) is 4.90 Å². The fourth-order valence-corrected chi connectivity index (χ4v) is 1.83. The van der Waals surface area contributed by atoms with Crippen LogP contribution in [0, 0.1) is 0 Å². The van der Waals surface area contributed by atoms with E-state index in [1.54, 1.807) is 0 Å². The van der Waals surface area contributed by atoms with E-state index in [9.17, 15) is 0 Å². The van der Waals surface area contributed by atoms with Gasteiger partial charge >= 0.3 is 0 Å². The number of hydrogen-bond donors (Lipinski definition) is 2. The van der Waals surface area contributed by atoms with E-state index >= 15 is 0 Å². The molecule has 3 N–H and O–H groups in total. The molecule has 3 nitrogen and oxygen atoms in total. The molecular weight excluding hydrogens is 152 g/mol. The maximum Gasteiger partial charge on any atom is 0.0586 e. The first kappa shape index (κ1) is 9.96. The van der Waals surface area contributed by atoms with Gasteiger partial charge in [0, 0.05) is 18.1 Å². The minimum Gasteiger partial charge on any atom is -0.395 e. The van der Waals surface area contributed by atoms with Crippen LogP contribution in [-0.2, 0) is 0 Å². The summed E-state index contributed by atoms with van der Waals surface area (Å²) in [6, 6.07) is 0.354. The van der Waals surface area contributed by atoms with Crippen molar-refractivity contribution in [3.05, 3.63) is 0 Å². The van der Waals surface area contributed by atoms with Crippen molar-refractivity contribution >= 4 is 0 Å². The van der Waals surface area contributed by atoms with E-state index < -0.39 is 0 Å². The smallest absolute Gasteiger partial charge is 0.0586 e. The molecule has 12 heavy (non-hydrogen) atoms. The van der Waals surface area contributed by atoms with Crippen molar-refractivity contribution < 1.29 is 5.11 Å². The van der Waals surface area contributed by atoms with Crippen molar-refractivity contribution in [3.63, 3.8) is 0 Å². The molecule has 0 radical (unpaired) electrons. The molecule has 3 heteroatoms. The number of aliphatic hydroxyl groups excluding tert-OH is 1. The second-order valence-corrected chi connectivity index (χ2v) is 4.44. The van der Waals surface area contributed by atoms with Gasteiger partial charge in [0.05, 0.1) is 6.61 Å². The van der Waals surface area contributed by atoms with Gasteiger partial charge in [0.1, 0.15) is 0 Å². The third kappa shape index (κ3) is 2.73. The van der Waals surface area contributed by atoms with Gasteiger partial charge < -0.3 is 10.8 Å². The monoisotopic (exact) mass is 172 g/mol. The number of likely N-dealkylation sites (tertiary alicyclic amines) is 1. The second kappa shape index (κ2) is 3.73. The molecule has 72 valence electrons. The Labute approximate surface area is 74.5 Å². The zero-order valence-electron chi connectivity index (χ0n) is 8.08. The molecule has 1 heterocycles. The van der Waals surface area contributed by atoms with Crippen molar-refractivity contribution in [2.75, 3.05) is 19.7 Å². The summed E-state index contributed by atoms with van der Waals surface area (Å²) in [5.74, 6) is 0. The summed E-state index contributed by atoms with van der Waals surface area (Å²) < 4.78 is 0. The molecule has 1 rings (SSSR count). The molecule has 1 unspecified atom stereocenters. The molecule has 1 saturated heterocycles. The fourth-order valence-electron chi connectivity index (χ4n) is 1.83. The van der Waals surface area contributed by atoms with Gasteiger partial charge in [-0.05, 0) is 33.2 Å². The lowest BCUT2D eigenvalue weighted by molar-refractivity contribution is 0.140. The first-order valence-corrected chi connectivity index (χ1v) is 4.67. The Balaban J connectivity index is 2.41. The van der Waals surface area contributed by atoms with Crippen molar-refractivity contribution in [2.24, 2.45) is 5.73 Å². The first-order chi connectivity index (χ1) is 5.53. The average Bonchev–Trinajstić information content (AvgIpc) is 2.31. The summed E-state index contributed by atoms with van der Waals surface area (Å²) in [5, 5.41) is 9.05. The van der Waals surface area contributed by atoms with Crippen molar-refractivity contribution in [1.29, 1.82) is 0 Å². The third-order valence-corrected chi connectivity index (χ3v) is 2.32. The highest BCUT2D eigenvalue weighted by Crippen LogP contribution is 2.18. The Morgan fingerprint density at radius 1 is 1.58 bits per heavy atom. The van der Waals surface area contributed by atoms with Crippen LogP contribution in [0.4, 0.5) is 0 Å². The Kier molecular flexibility index (Phi) is 3.09.